The highest BCUT2D eigenvalue weighted by Crippen LogP contribution is 2.38. The Labute approximate surface area is 65.2 Å². The van der Waals surface area contributed by atoms with Crippen LogP contribution >= 0.6 is 0 Å². The van der Waals surface area contributed by atoms with Crippen LogP contribution in [0.2, 0.25) is 0 Å². The lowest BCUT2D eigenvalue weighted by Crippen LogP contribution is -2.41. The lowest BCUT2D eigenvalue weighted by Gasteiger charge is -2.21. The van der Waals surface area contributed by atoms with E-state index in [0.717, 1.165) is 0 Å². The Morgan fingerprint density at radius 3 is 1.83 bits per heavy atom. The number of hydrogen-bond acceptors (Lipinski definition) is 2. The van der Waals surface area contributed by atoms with Crippen LogP contribution < -0.4 is 5.73 Å². The lowest BCUT2D eigenvalue weighted by atomic mass is 10.1. The molecule has 0 saturated heterocycles. The minimum Gasteiger partial charge on any atom is -0.392 e. The van der Waals surface area contributed by atoms with Crippen LogP contribution in [0.1, 0.15) is 6.42 Å². The molecule has 0 aromatic carbocycles. The Morgan fingerprint density at radius 2 is 1.58 bits per heavy atom. The van der Waals surface area contributed by atoms with Crippen molar-refractivity contribution in [3.8, 4) is 0 Å². The molecule has 0 amide bonds. The SMILES string of the molecule is NC[C@@H](O)CC(F)(F)C(F)(F)F. The molecule has 12 heavy (non-hydrogen) atoms. The van der Waals surface area contributed by atoms with Gasteiger partial charge in [-0.15, -0.1) is 0 Å². The zero-order chi connectivity index (χ0) is 9.99. The van der Waals surface area contributed by atoms with E-state index in [2.05, 4.69) is 5.73 Å². The zero-order valence-electron chi connectivity index (χ0n) is 5.91. The molecule has 0 aromatic heterocycles. The average molecular weight is 193 g/mol. The van der Waals surface area contributed by atoms with Crippen molar-refractivity contribution >= 4 is 0 Å². The summed E-state index contributed by atoms with van der Waals surface area (Å²) in [5.74, 6) is -4.87. The first-order valence-corrected chi connectivity index (χ1v) is 3.03. The van der Waals surface area contributed by atoms with Gasteiger partial charge in [0.15, 0.2) is 0 Å². The van der Waals surface area contributed by atoms with Crippen molar-refractivity contribution in [1.29, 1.82) is 0 Å². The standard InChI is InChI=1S/C5H8F5NO/c6-4(7,5(8,9)10)1-3(12)2-11/h3,12H,1-2,11H2/t3-/m0/s1. The molecular weight excluding hydrogens is 185 g/mol. The third kappa shape index (κ3) is 2.90. The molecule has 2 nitrogen and oxygen atoms in total. The molecule has 0 bridgehead atoms. The largest absolute Gasteiger partial charge is 0.453 e. The summed E-state index contributed by atoms with van der Waals surface area (Å²) in [5, 5.41) is 8.45. The van der Waals surface area contributed by atoms with Gasteiger partial charge in [-0.3, -0.25) is 0 Å². The van der Waals surface area contributed by atoms with E-state index in [0.29, 0.717) is 0 Å². The van der Waals surface area contributed by atoms with E-state index in [9.17, 15) is 22.0 Å². The summed E-state index contributed by atoms with van der Waals surface area (Å²) in [5.41, 5.74) is 4.67. The van der Waals surface area contributed by atoms with Crippen LogP contribution in [0, 0.1) is 0 Å². The fraction of sp³-hybridized carbons (Fsp3) is 1.00. The third-order valence-corrected chi connectivity index (χ3v) is 1.18. The first-order chi connectivity index (χ1) is 5.20. The summed E-state index contributed by atoms with van der Waals surface area (Å²) in [6.45, 7) is -0.619. The summed E-state index contributed by atoms with van der Waals surface area (Å²) >= 11 is 0. The Balaban J connectivity index is 4.22. The van der Waals surface area contributed by atoms with Gasteiger partial charge < -0.3 is 10.8 Å². The van der Waals surface area contributed by atoms with Crippen LogP contribution in [0.3, 0.4) is 0 Å². The topological polar surface area (TPSA) is 46.2 Å². The number of halogens is 5. The van der Waals surface area contributed by atoms with Crippen molar-refractivity contribution in [3.63, 3.8) is 0 Å². The van der Waals surface area contributed by atoms with Crippen molar-refractivity contribution < 1.29 is 27.1 Å². The second kappa shape index (κ2) is 3.53. The number of aliphatic hydroxyl groups excluding tert-OH is 1. The van der Waals surface area contributed by atoms with Crippen molar-refractivity contribution in [2.24, 2.45) is 5.73 Å². The van der Waals surface area contributed by atoms with E-state index in [1.807, 2.05) is 0 Å². The first kappa shape index (κ1) is 11.6. The second-order valence-electron chi connectivity index (χ2n) is 2.30. The molecule has 0 unspecified atom stereocenters. The van der Waals surface area contributed by atoms with Gasteiger partial charge in [0, 0.05) is 13.0 Å². The monoisotopic (exact) mass is 193 g/mol. The molecule has 0 rings (SSSR count). The molecule has 7 heteroatoms. The molecule has 0 aliphatic carbocycles. The van der Waals surface area contributed by atoms with Gasteiger partial charge in [-0.1, -0.05) is 0 Å². The number of nitrogens with two attached hydrogens (primary N) is 1. The normalized spacial score (nSPS) is 16.2. The van der Waals surface area contributed by atoms with Crippen LogP contribution in [0.5, 0.6) is 0 Å². The van der Waals surface area contributed by atoms with Gasteiger partial charge in [0.1, 0.15) is 0 Å². The second-order valence-corrected chi connectivity index (χ2v) is 2.30. The van der Waals surface area contributed by atoms with Crippen molar-refractivity contribution in [2.75, 3.05) is 6.54 Å². The third-order valence-electron chi connectivity index (χ3n) is 1.18. The van der Waals surface area contributed by atoms with Gasteiger partial charge in [0.05, 0.1) is 6.10 Å². The maximum absolute atomic E-state index is 12.0. The first-order valence-electron chi connectivity index (χ1n) is 3.03. The van der Waals surface area contributed by atoms with Gasteiger partial charge in [0.25, 0.3) is 0 Å². The quantitative estimate of drug-likeness (QED) is 0.654. The maximum atomic E-state index is 12.0. The predicted molar refractivity (Wildman–Crippen MR) is 30.7 cm³/mol. The van der Waals surface area contributed by atoms with Gasteiger partial charge in [-0.25, -0.2) is 0 Å². The predicted octanol–water partition coefficient (Wildman–Crippen LogP) is 0.894. The lowest BCUT2D eigenvalue weighted by molar-refractivity contribution is -0.289. The highest BCUT2D eigenvalue weighted by atomic mass is 19.4. The van der Waals surface area contributed by atoms with Gasteiger partial charge >= 0.3 is 12.1 Å². The summed E-state index contributed by atoms with van der Waals surface area (Å²) < 4.78 is 58.3. The van der Waals surface area contributed by atoms with Crippen LogP contribution in [-0.2, 0) is 0 Å². The van der Waals surface area contributed by atoms with Gasteiger partial charge in [0.2, 0.25) is 0 Å². The molecular formula is C5H8F5NO. The van der Waals surface area contributed by atoms with Gasteiger partial charge in [-0.05, 0) is 0 Å². The number of aliphatic hydroxyl groups is 1. The van der Waals surface area contributed by atoms with E-state index in [-0.39, 0.29) is 0 Å². The Kier molecular flexibility index (Phi) is 3.40. The number of rotatable bonds is 3. The molecule has 0 aliphatic heterocycles. The maximum Gasteiger partial charge on any atom is 0.453 e. The minimum atomic E-state index is -5.62. The fourth-order valence-electron chi connectivity index (χ4n) is 0.495. The molecule has 0 aliphatic rings. The summed E-state index contributed by atoms with van der Waals surface area (Å²) in [6.07, 6.45) is -9.14. The fourth-order valence-corrected chi connectivity index (χ4v) is 0.495. The van der Waals surface area contributed by atoms with E-state index < -0.39 is 31.2 Å². The molecule has 1 atom stereocenters. The molecule has 0 aromatic rings. The summed E-state index contributed by atoms with van der Waals surface area (Å²) in [4.78, 5) is 0. The zero-order valence-corrected chi connectivity index (χ0v) is 5.91. The molecule has 0 radical (unpaired) electrons. The molecule has 0 saturated carbocycles. The summed E-state index contributed by atoms with van der Waals surface area (Å²) in [7, 11) is 0. The van der Waals surface area contributed by atoms with Crippen molar-refractivity contribution in [2.45, 2.75) is 24.6 Å². The molecule has 3 N–H and O–H groups in total. The average Bonchev–Trinajstić information content (AvgIpc) is 1.84. The van der Waals surface area contributed by atoms with Crippen LogP contribution in [0.15, 0.2) is 0 Å². The Bertz CT molecular complexity index is 145. The Morgan fingerprint density at radius 1 is 1.17 bits per heavy atom. The Hall–Kier alpha value is -0.430. The van der Waals surface area contributed by atoms with Crippen molar-refractivity contribution in [3.05, 3.63) is 0 Å². The molecule has 74 valence electrons. The van der Waals surface area contributed by atoms with Crippen molar-refractivity contribution in [1.82, 2.24) is 0 Å². The molecule has 0 spiro atoms. The molecule has 0 fully saturated rings. The highest BCUT2D eigenvalue weighted by molar-refractivity contribution is 4.79. The van der Waals surface area contributed by atoms with Crippen LogP contribution in [0.25, 0.3) is 0 Å². The van der Waals surface area contributed by atoms with E-state index in [1.54, 1.807) is 0 Å². The highest BCUT2D eigenvalue weighted by Gasteiger charge is 2.57. The smallest absolute Gasteiger partial charge is 0.392 e. The minimum absolute atomic E-state index is 0.619. The number of hydrogen-bond donors (Lipinski definition) is 2. The van der Waals surface area contributed by atoms with E-state index >= 15 is 0 Å². The van der Waals surface area contributed by atoms with E-state index in [1.165, 1.54) is 0 Å². The van der Waals surface area contributed by atoms with Crippen LogP contribution in [-0.4, -0.2) is 29.9 Å². The number of alkyl halides is 5. The van der Waals surface area contributed by atoms with E-state index in [4.69, 9.17) is 5.11 Å². The van der Waals surface area contributed by atoms with Crippen LogP contribution in [0.4, 0.5) is 22.0 Å². The van der Waals surface area contributed by atoms with Gasteiger partial charge in [-0.2, -0.15) is 22.0 Å². The summed E-state index contributed by atoms with van der Waals surface area (Å²) in [6, 6.07) is 0. The molecule has 0 heterocycles.